The minimum Gasteiger partial charge on any atom is -0.357 e. The van der Waals surface area contributed by atoms with Gasteiger partial charge in [0.2, 0.25) is 0 Å². The van der Waals surface area contributed by atoms with E-state index in [0.29, 0.717) is 6.54 Å². The normalized spacial score (nSPS) is 11.2. The van der Waals surface area contributed by atoms with Crippen molar-refractivity contribution in [3.63, 3.8) is 0 Å². The highest BCUT2D eigenvalue weighted by Crippen LogP contribution is 2.16. The van der Waals surface area contributed by atoms with E-state index < -0.39 is 0 Å². The van der Waals surface area contributed by atoms with E-state index in [2.05, 4.69) is 57.4 Å². The van der Waals surface area contributed by atoms with Crippen LogP contribution in [0.2, 0.25) is 0 Å². The molecule has 156 valence electrons. The number of rotatable bonds is 7. The molecule has 0 amide bonds. The predicted molar refractivity (Wildman–Crippen MR) is 130 cm³/mol. The van der Waals surface area contributed by atoms with Crippen LogP contribution in [0.1, 0.15) is 33.9 Å². The Bertz CT molecular complexity index is 911. The molecule has 3 rings (SSSR count). The van der Waals surface area contributed by atoms with Crippen LogP contribution < -0.4 is 10.6 Å². The van der Waals surface area contributed by atoms with Crippen LogP contribution in [-0.4, -0.2) is 38.6 Å². The highest BCUT2D eigenvalue weighted by molar-refractivity contribution is 14.0. The van der Waals surface area contributed by atoms with Gasteiger partial charge in [-0.05, 0) is 39.3 Å². The monoisotopic (exact) mass is 525 g/mol. The van der Waals surface area contributed by atoms with Gasteiger partial charge in [-0.15, -0.1) is 35.3 Å². The van der Waals surface area contributed by atoms with Gasteiger partial charge >= 0.3 is 0 Å². The van der Waals surface area contributed by atoms with Crippen molar-refractivity contribution in [2.24, 2.45) is 4.99 Å². The van der Waals surface area contributed by atoms with Gasteiger partial charge in [-0.2, -0.15) is 0 Å². The van der Waals surface area contributed by atoms with Crippen molar-refractivity contribution in [2.75, 3.05) is 13.1 Å². The second-order valence-corrected chi connectivity index (χ2v) is 7.78. The highest BCUT2D eigenvalue weighted by atomic mass is 127. The fourth-order valence-electron chi connectivity index (χ4n) is 2.72. The summed E-state index contributed by atoms with van der Waals surface area (Å²) in [5, 5.41) is 7.83. The number of thiazole rings is 1. The Kier molecular flexibility index (Phi) is 9.02. The molecule has 0 saturated heterocycles. The lowest BCUT2D eigenvalue weighted by Gasteiger charge is -2.11. The fourth-order valence-corrected chi connectivity index (χ4v) is 3.65. The molecular weight excluding hydrogens is 497 g/mol. The average molecular weight is 525 g/mol. The first kappa shape index (κ1) is 23.3. The van der Waals surface area contributed by atoms with E-state index in [0.717, 1.165) is 53.4 Å². The summed E-state index contributed by atoms with van der Waals surface area (Å²) in [5.74, 6) is 2.59. The zero-order valence-electron chi connectivity index (χ0n) is 17.3. The van der Waals surface area contributed by atoms with Gasteiger partial charge in [0.05, 0.1) is 17.2 Å². The number of pyridine rings is 1. The number of hydrogen-bond acceptors (Lipinski definition) is 5. The Balaban J connectivity index is 0.00000300. The van der Waals surface area contributed by atoms with Gasteiger partial charge in [0.1, 0.15) is 11.6 Å². The topological polar surface area (TPSA) is 80.0 Å². The van der Waals surface area contributed by atoms with E-state index in [-0.39, 0.29) is 24.0 Å². The summed E-state index contributed by atoms with van der Waals surface area (Å²) in [6.07, 6.45) is 6.44. The number of guanidine groups is 1. The smallest absolute Gasteiger partial charge is 0.191 e. The molecule has 0 unspecified atom stereocenters. The van der Waals surface area contributed by atoms with Crippen LogP contribution in [0.25, 0.3) is 5.82 Å². The number of aryl methyl sites for hydroxylation is 3. The largest absolute Gasteiger partial charge is 0.357 e. The Morgan fingerprint density at radius 2 is 2.00 bits per heavy atom. The van der Waals surface area contributed by atoms with E-state index >= 15 is 0 Å². The number of nitrogens with zero attached hydrogens (tertiary/aromatic N) is 5. The van der Waals surface area contributed by atoms with Crippen LogP contribution in [0.3, 0.4) is 0 Å². The van der Waals surface area contributed by atoms with Gasteiger partial charge in [0, 0.05) is 43.0 Å². The van der Waals surface area contributed by atoms with Crippen LogP contribution in [0.15, 0.2) is 35.7 Å². The van der Waals surface area contributed by atoms with Gasteiger partial charge in [-0.3, -0.25) is 4.57 Å². The molecule has 0 radical (unpaired) electrons. The Morgan fingerprint density at radius 3 is 2.59 bits per heavy atom. The SMILES string of the molecule is CCNC(=NCc1ccc(-n2ccnc2C)nc1)NCCc1nc(C)c(C)s1.I. The van der Waals surface area contributed by atoms with Crippen molar-refractivity contribution in [1.82, 2.24) is 30.2 Å². The summed E-state index contributed by atoms with van der Waals surface area (Å²) in [7, 11) is 0. The Labute approximate surface area is 193 Å². The van der Waals surface area contributed by atoms with Crippen LogP contribution >= 0.6 is 35.3 Å². The third-order valence-electron chi connectivity index (χ3n) is 4.35. The number of halogens is 1. The maximum Gasteiger partial charge on any atom is 0.191 e. The van der Waals surface area contributed by atoms with Crippen molar-refractivity contribution in [1.29, 1.82) is 0 Å². The number of imidazole rings is 1. The molecule has 0 aromatic carbocycles. The summed E-state index contributed by atoms with van der Waals surface area (Å²) >= 11 is 1.76. The van der Waals surface area contributed by atoms with Gasteiger partial charge in [0.15, 0.2) is 5.96 Å². The third-order valence-corrected chi connectivity index (χ3v) is 5.48. The fraction of sp³-hybridized carbons (Fsp3) is 0.400. The van der Waals surface area contributed by atoms with E-state index in [4.69, 9.17) is 0 Å². The zero-order chi connectivity index (χ0) is 19.9. The lowest BCUT2D eigenvalue weighted by atomic mass is 10.3. The lowest BCUT2D eigenvalue weighted by molar-refractivity contribution is 0.795. The number of hydrogen-bond donors (Lipinski definition) is 2. The third kappa shape index (κ3) is 6.49. The predicted octanol–water partition coefficient (Wildman–Crippen LogP) is 3.56. The van der Waals surface area contributed by atoms with Crippen LogP contribution in [0, 0.1) is 20.8 Å². The molecular formula is C20H28IN7S. The molecule has 0 fully saturated rings. The number of aliphatic imine (C=N–C) groups is 1. The molecule has 0 aliphatic carbocycles. The first-order chi connectivity index (χ1) is 13.6. The van der Waals surface area contributed by atoms with Crippen molar-refractivity contribution in [3.8, 4) is 5.82 Å². The van der Waals surface area contributed by atoms with Crippen molar-refractivity contribution in [2.45, 2.75) is 40.7 Å². The van der Waals surface area contributed by atoms with Gasteiger partial charge < -0.3 is 10.6 Å². The van der Waals surface area contributed by atoms with E-state index in [1.54, 1.807) is 17.5 Å². The maximum absolute atomic E-state index is 4.67. The zero-order valence-corrected chi connectivity index (χ0v) is 20.4. The summed E-state index contributed by atoms with van der Waals surface area (Å²) < 4.78 is 1.96. The number of aromatic nitrogens is 4. The van der Waals surface area contributed by atoms with Gasteiger partial charge in [-0.1, -0.05) is 6.07 Å². The quantitative estimate of drug-likeness (QED) is 0.280. The first-order valence-corrected chi connectivity index (χ1v) is 10.3. The Morgan fingerprint density at radius 1 is 1.17 bits per heavy atom. The standard InChI is InChI=1S/C20H27N7S.HI/c1-5-21-20(23-9-8-19-26-14(2)15(3)28-19)25-13-17-6-7-18(24-12-17)27-11-10-22-16(27)4;/h6-7,10-12H,5,8-9,13H2,1-4H3,(H2,21,23,25);1H. The summed E-state index contributed by atoms with van der Waals surface area (Å²) in [4.78, 5) is 19.3. The van der Waals surface area contributed by atoms with Crippen molar-refractivity contribution >= 4 is 41.3 Å². The van der Waals surface area contributed by atoms with Crippen molar-refractivity contribution < 1.29 is 0 Å². The van der Waals surface area contributed by atoms with Crippen LogP contribution in [0.5, 0.6) is 0 Å². The van der Waals surface area contributed by atoms with E-state index in [1.807, 2.05) is 30.0 Å². The molecule has 0 bridgehead atoms. The Hall–Kier alpha value is -2.01. The molecule has 3 aromatic heterocycles. The maximum atomic E-state index is 4.67. The summed E-state index contributed by atoms with van der Waals surface area (Å²) in [6.45, 7) is 10.4. The highest BCUT2D eigenvalue weighted by Gasteiger charge is 2.05. The average Bonchev–Trinajstić information content (AvgIpc) is 3.25. The molecule has 0 saturated carbocycles. The summed E-state index contributed by atoms with van der Waals surface area (Å²) in [6, 6.07) is 4.04. The second kappa shape index (κ2) is 11.2. The molecule has 0 atom stereocenters. The second-order valence-electron chi connectivity index (χ2n) is 6.49. The molecule has 0 aliphatic heterocycles. The first-order valence-electron chi connectivity index (χ1n) is 9.47. The lowest BCUT2D eigenvalue weighted by Crippen LogP contribution is -2.38. The molecule has 3 aromatic rings. The molecule has 29 heavy (non-hydrogen) atoms. The van der Waals surface area contributed by atoms with E-state index in [9.17, 15) is 0 Å². The van der Waals surface area contributed by atoms with Crippen LogP contribution in [0.4, 0.5) is 0 Å². The van der Waals surface area contributed by atoms with Gasteiger partial charge in [-0.25, -0.2) is 19.9 Å². The molecule has 2 N–H and O–H groups in total. The summed E-state index contributed by atoms with van der Waals surface area (Å²) in [5.41, 5.74) is 2.19. The van der Waals surface area contributed by atoms with E-state index in [1.165, 1.54) is 4.88 Å². The molecule has 3 heterocycles. The minimum atomic E-state index is 0. The molecule has 9 heteroatoms. The van der Waals surface area contributed by atoms with Crippen LogP contribution in [-0.2, 0) is 13.0 Å². The molecule has 0 aliphatic rings. The molecule has 7 nitrogen and oxygen atoms in total. The minimum absolute atomic E-state index is 0. The number of nitrogens with one attached hydrogen (secondary N) is 2. The van der Waals surface area contributed by atoms with Crippen molar-refractivity contribution in [3.05, 3.63) is 57.7 Å². The molecule has 0 spiro atoms. The van der Waals surface area contributed by atoms with Gasteiger partial charge in [0.25, 0.3) is 0 Å².